The van der Waals surface area contributed by atoms with Gasteiger partial charge in [-0.25, -0.2) is 0 Å². The van der Waals surface area contributed by atoms with Crippen molar-refractivity contribution >= 4 is 40.3 Å². The van der Waals surface area contributed by atoms with Crippen LogP contribution < -0.4 is 5.32 Å². The average molecular weight is 487 g/mol. The Morgan fingerprint density at radius 3 is 1.53 bits per heavy atom. The van der Waals surface area contributed by atoms with Crippen molar-refractivity contribution in [3.05, 3.63) is 61.1 Å². The van der Waals surface area contributed by atoms with Gasteiger partial charge in [0.15, 0.2) is 0 Å². The summed E-state index contributed by atoms with van der Waals surface area (Å²) in [5.41, 5.74) is -9.37. The second-order valence-electron chi connectivity index (χ2n) is 5.61. The maximum atomic E-state index is 13.3. The van der Waals surface area contributed by atoms with Gasteiger partial charge >= 0.3 is 18.5 Å². The van der Waals surface area contributed by atoms with E-state index in [1.807, 2.05) is 0 Å². The highest BCUT2D eigenvalue weighted by Gasteiger charge is 2.42. The van der Waals surface area contributed by atoms with Gasteiger partial charge in [-0.1, -0.05) is 23.2 Å². The average Bonchev–Trinajstić information content (AvgIpc) is 2.54. The molecule has 15 heteroatoms. The van der Waals surface area contributed by atoms with Crippen LogP contribution in [0.1, 0.15) is 16.7 Å². The molecule has 0 fully saturated rings. The first-order chi connectivity index (χ1) is 13.4. The van der Waals surface area contributed by atoms with Crippen molar-refractivity contribution in [2.24, 2.45) is 0 Å². The van der Waals surface area contributed by atoms with Crippen LogP contribution in [0.4, 0.5) is 56.6 Å². The predicted molar refractivity (Wildman–Crippen MR) is 87.8 cm³/mol. The molecule has 0 atom stereocenters. The highest BCUT2D eigenvalue weighted by molar-refractivity contribution is 6.39. The number of hydrogen-bond acceptors (Lipinski definition) is 3. The van der Waals surface area contributed by atoms with Gasteiger partial charge in [0, 0.05) is 6.07 Å². The summed E-state index contributed by atoms with van der Waals surface area (Å²) in [6.07, 6.45) is -15.8. The molecule has 4 nitrogen and oxygen atoms in total. The summed E-state index contributed by atoms with van der Waals surface area (Å²) in [6, 6.07) is 0.00257. The van der Waals surface area contributed by atoms with Crippen molar-refractivity contribution in [1.29, 1.82) is 0 Å². The van der Waals surface area contributed by atoms with Crippen LogP contribution in [0.25, 0.3) is 0 Å². The van der Waals surface area contributed by atoms with Crippen molar-refractivity contribution in [2.75, 3.05) is 5.32 Å². The van der Waals surface area contributed by atoms with Crippen LogP contribution in [0.5, 0.6) is 0 Å². The number of alkyl halides is 9. The third-order valence-corrected chi connectivity index (χ3v) is 4.16. The smallest absolute Gasteiger partial charge is 0.347 e. The van der Waals surface area contributed by atoms with Crippen molar-refractivity contribution in [1.82, 2.24) is 0 Å². The lowest BCUT2D eigenvalue weighted by Crippen LogP contribution is -2.15. The number of rotatable bonds is 3. The standard InChI is InChI=1S/C15H5Cl2F9N2O2/c16-8-2-6(14(21,22)23)3-9(17)12(8)27-11-7(15(24,25)26)1-5(13(18,19)20)4-10(11)28(29)30/h1-4,27H. The molecule has 0 aliphatic carbocycles. The van der Waals surface area contributed by atoms with Crippen LogP contribution in [0.15, 0.2) is 24.3 Å². The number of nitrogens with one attached hydrogen (secondary N) is 1. The van der Waals surface area contributed by atoms with Crippen LogP contribution in [0, 0.1) is 10.1 Å². The Bertz CT molecular complexity index is 978. The van der Waals surface area contributed by atoms with Gasteiger partial charge in [0.2, 0.25) is 0 Å². The maximum Gasteiger partial charge on any atom is 0.418 e. The largest absolute Gasteiger partial charge is 0.418 e. The van der Waals surface area contributed by atoms with Crippen molar-refractivity contribution in [3.63, 3.8) is 0 Å². The summed E-state index contributed by atoms with van der Waals surface area (Å²) in [7, 11) is 0. The van der Waals surface area contributed by atoms with Crippen LogP contribution in [0.3, 0.4) is 0 Å². The molecule has 1 N–H and O–H groups in total. The molecule has 30 heavy (non-hydrogen) atoms. The minimum absolute atomic E-state index is 0.163. The Labute approximate surface area is 170 Å². The normalized spacial score (nSPS) is 12.8. The molecule has 0 amide bonds. The minimum atomic E-state index is -5.51. The van der Waals surface area contributed by atoms with Gasteiger partial charge in [0.1, 0.15) is 5.69 Å². The Morgan fingerprint density at radius 2 is 1.17 bits per heavy atom. The molecule has 164 valence electrons. The monoisotopic (exact) mass is 486 g/mol. The molecule has 0 saturated carbocycles. The first kappa shape index (κ1) is 23.9. The number of hydrogen-bond donors (Lipinski definition) is 1. The molecule has 2 aromatic rings. The van der Waals surface area contributed by atoms with Gasteiger partial charge in [-0.2, -0.15) is 39.5 Å². The summed E-state index contributed by atoms with van der Waals surface area (Å²) >= 11 is 11.2. The van der Waals surface area contributed by atoms with Gasteiger partial charge in [0.05, 0.1) is 37.3 Å². The zero-order valence-electron chi connectivity index (χ0n) is 13.7. The predicted octanol–water partition coefficient (Wildman–Crippen LogP) is 7.70. The molecule has 2 rings (SSSR count). The van der Waals surface area contributed by atoms with E-state index in [2.05, 4.69) is 0 Å². The van der Waals surface area contributed by atoms with Crippen molar-refractivity contribution in [3.8, 4) is 0 Å². The maximum absolute atomic E-state index is 13.3. The Morgan fingerprint density at radius 1 is 0.733 bits per heavy atom. The van der Waals surface area contributed by atoms with E-state index in [0.717, 1.165) is 0 Å². The second kappa shape index (κ2) is 7.69. The molecular weight excluding hydrogens is 482 g/mol. The molecule has 0 bridgehead atoms. The molecule has 0 aromatic heterocycles. The number of benzene rings is 2. The third kappa shape index (κ3) is 5.01. The van der Waals surface area contributed by atoms with Gasteiger partial charge in [-0.15, -0.1) is 0 Å². The molecular formula is C15H5Cl2F9N2O2. The first-order valence-electron chi connectivity index (χ1n) is 7.23. The Balaban J connectivity index is 2.78. The van der Waals surface area contributed by atoms with Gasteiger partial charge in [-0.3, -0.25) is 10.1 Å². The van der Waals surface area contributed by atoms with Crippen LogP contribution >= 0.6 is 23.2 Å². The van der Waals surface area contributed by atoms with E-state index in [0.29, 0.717) is 0 Å². The fraction of sp³-hybridized carbons (Fsp3) is 0.200. The molecule has 0 spiro atoms. The highest BCUT2D eigenvalue weighted by Crippen LogP contribution is 2.47. The third-order valence-electron chi connectivity index (χ3n) is 3.57. The van der Waals surface area contributed by atoms with E-state index in [1.165, 1.54) is 0 Å². The quantitative estimate of drug-likeness (QED) is 0.274. The topological polar surface area (TPSA) is 55.2 Å². The Hall–Kier alpha value is -2.41. The van der Waals surface area contributed by atoms with E-state index >= 15 is 0 Å². The van der Waals surface area contributed by atoms with E-state index < -0.39 is 67.2 Å². The lowest BCUT2D eigenvalue weighted by molar-refractivity contribution is -0.384. The van der Waals surface area contributed by atoms with Crippen molar-refractivity contribution < 1.29 is 44.4 Å². The van der Waals surface area contributed by atoms with Crippen LogP contribution in [0.2, 0.25) is 10.0 Å². The summed E-state index contributed by atoms with van der Waals surface area (Å²) in [4.78, 5) is 9.61. The fourth-order valence-corrected chi connectivity index (χ4v) is 2.85. The minimum Gasteiger partial charge on any atom is -0.347 e. The lowest BCUT2D eigenvalue weighted by Gasteiger charge is -2.19. The molecule has 0 aliphatic rings. The van der Waals surface area contributed by atoms with Gasteiger partial charge < -0.3 is 5.32 Å². The van der Waals surface area contributed by atoms with Crippen LogP contribution in [-0.2, 0) is 18.5 Å². The lowest BCUT2D eigenvalue weighted by atomic mass is 10.0. The second-order valence-corrected chi connectivity index (χ2v) is 6.42. The molecule has 0 aliphatic heterocycles. The molecule has 0 heterocycles. The summed E-state index contributed by atoms with van der Waals surface area (Å²) in [6.45, 7) is 0. The number of halogens is 11. The fourth-order valence-electron chi connectivity index (χ4n) is 2.27. The first-order valence-corrected chi connectivity index (χ1v) is 7.98. The van der Waals surface area contributed by atoms with E-state index in [4.69, 9.17) is 23.2 Å². The van der Waals surface area contributed by atoms with Gasteiger partial charge in [-0.05, 0) is 18.2 Å². The summed E-state index contributed by atoms with van der Waals surface area (Å²) in [5, 5.41) is 11.1. The molecule has 2 aromatic carbocycles. The summed E-state index contributed by atoms with van der Waals surface area (Å²) < 4.78 is 117. The van der Waals surface area contributed by atoms with E-state index in [1.54, 1.807) is 5.32 Å². The summed E-state index contributed by atoms with van der Waals surface area (Å²) in [5.74, 6) is 0. The van der Waals surface area contributed by atoms with Crippen LogP contribution in [-0.4, -0.2) is 4.92 Å². The number of nitro groups is 1. The molecule has 0 radical (unpaired) electrons. The SMILES string of the molecule is O=[N+]([O-])c1cc(C(F)(F)F)cc(C(F)(F)F)c1Nc1c(Cl)cc(C(F)(F)F)cc1Cl. The molecule has 0 saturated heterocycles. The Kier molecular flexibility index (Phi) is 6.12. The zero-order chi connectivity index (χ0) is 23.2. The molecule has 0 unspecified atom stereocenters. The number of nitrogens with zero attached hydrogens (tertiary/aromatic N) is 1. The van der Waals surface area contributed by atoms with E-state index in [-0.39, 0.29) is 24.3 Å². The van der Waals surface area contributed by atoms with E-state index in [9.17, 15) is 49.6 Å². The van der Waals surface area contributed by atoms with Gasteiger partial charge in [0.25, 0.3) is 5.69 Å². The highest BCUT2D eigenvalue weighted by atomic mass is 35.5. The zero-order valence-corrected chi connectivity index (χ0v) is 15.2. The number of nitro benzene ring substituents is 1. The number of anilines is 2. The van der Waals surface area contributed by atoms with Crippen molar-refractivity contribution in [2.45, 2.75) is 18.5 Å².